The number of nitrogens with one attached hydrogen (secondary N) is 1. The summed E-state index contributed by atoms with van der Waals surface area (Å²) < 4.78 is 18.0. The predicted molar refractivity (Wildman–Crippen MR) is 102 cm³/mol. The van der Waals surface area contributed by atoms with Gasteiger partial charge in [0.05, 0.1) is 29.1 Å². The molecule has 0 radical (unpaired) electrons. The number of ether oxygens (including phenoxy) is 2. The van der Waals surface area contributed by atoms with Crippen LogP contribution in [0.3, 0.4) is 0 Å². The lowest BCUT2D eigenvalue weighted by atomic mass is 10.3. The molecule has 0 bridgehead atoms. The molecular formula is C19H16N4O3S. The lowest BCUT2D eigenvalue weighted by Crippen LogP contribution is -1.97. The van der Waals surface area contributed by atoms with Crippen LogP contribution in [0.2, 0.25) is 0 Å². The summed E-state index contributed by atoms with van der Waals surface area (Å²) in [6.07, 6.45) is 3.60. The number of fused-ring (bicyclic) bond motifs is 1. The van der Waals surface area contributed by atoms with Crippen LogP contribution in [0.25, 0.3) is 16.3 Å². The molecule has 1 aromatic carbocycles. The zero-order valence-corrected chi connectivity index (χ0v) is 15.3. The maximum Gasteiger partial charge on any atom is 0.231 e. The number of nitrogens with zero attached hydrogens (tertiary/aromatic N) is 3. The van der Waals surface area contributed by atoms with Gasteiger partial charge in [0.2, 0.25) is 6.79 Å². The number of furan rings is 1. The molecule has 0 saturated heterocycles. The van der Waals surface area contributed by atoms with Gasteiger partial charge in [-0.15, -0.1) is 0 Å². The van der Waals surface area contributed by atoms with Crippen molar-refractivity contribution >= 4 is 16.5 Å². The molecule has 0 fully saturated rings. The van der Waals surface area contributed by atoms with Crippen molar-refractivity contribution < 1.29 is 13.9 Å². The third-order valence-corrected chi connectivity index (χ3v) is 5.37. The van der Waals surface area contributed by atoms with Gasteiger partial charge in [-0.1, -0.05) is 11.3 Å². The summed E-state index contributed by atoms with van der Waals surface area (Å²) in [7, 11) is 0. The average molecular weight is 380 g/mol. The van der Waals surface area contributed by atoms with Gasteiger partial charge in [-0.2, -0.15) is 5.10 Å². The van der Waals surface area contributed by atoms with Crippen LogP contribution >= 0.6 is 11.3 Å². The van der Waals surface area contributed by atoms with Gasteiger partial charge in [0, 0.05) is 12.3 Å². The zero-order chi connectivity index (χ0) is 18.2. The second-order valence-corrected chi connectivity index (χ2v) is 7.05. The highest BCUT2D eigenvalue weighted by molar-refractivity contribution is 7.19. The molecule has 27 heavy (non-hydrogen) atoms. The van der Waals surface area contributed by atoms with Crippen LogP contribution in [0.1, 0.15) is 11.5 Å². The van der Waals surface area contributed by atoms with Crippen LogP contribution in [0.5, 0.6) is 11.5 Å². The zero-order valence-electron chi connectivity index (χ0n) is 14.5. The van der Waals surface area contributed by atoms with E-state index in [1.165, 1.54) is 0 Å². The topological polar surface area (TPSA) is 74.3 Å². The van der Waals surface area contributed by atoms with E-state index in [2.05, 4.69) is 10.3 Å². The van der Waals surface area contributed by atoms with Gasteiger partial charge < -0.3 is 19.2 Å². The molecular weight excluding hydrogens is 364 g/mol. The molecule has 0 atom stereocenters. The molecule has 4 aromatic rings. The summed E-state index contributed by atoms with van der Waals surface area (Å²) in [4.78, 5) is 5.63. The second kappa shape index (κ2) is 6.48. The number of benzene rings is 1. The first-order chi connectivity index (χ1) is 13.3. The molecule has 7 nitrogen and oxygen atoms in total. The van der Waals surface area contributed by atoms with E-state index < -0.39 is 0 Å². The lowest BCUT2D eigenvalue weighted by Gasteiger charge is -2.02. The predicted octanol–water partition coefficient (Wildman–Crippen LogP) is 4.24. The third kappa shape index (κ3) is 3.04. The molecule has 0 saturated carbocycles. The largest absolute Gasteiger partial charge is 0.467 e. The Bertz CT molecular complexity index is 1080. The smallest absolute Gasteiger partial charge is 0.231 e. The van der Waals surface area contributed by atoms with Crippen molar-refractivity contribution in [1.82, 2.24) is 14.8 Å². The highest BCUT2D eigenvalue weighted by Gasteiger charge is 2.16. The summed E-state index contributed by atoms with van der Waals surface area (Å²) in [6.45, 7) is 2.85. The summed E-state index contributed by atoms with van der Waals surface area (Å²) >= 11 is 1.58. The van der Waals surface area contributed by atoms with E-state index >= 15 is 0 Å². The molecule has 0 unspecified atom stereocenters. The number of anilines is 1. The summed E-state index contributed by atoms with van der Waals surface area (Å²) in [5.74, 6) is 2.37. The van der Waals surface area contributed by atoms with Crippen LogP contribution in [-0.2, 0) is 6.54 Å². The van der Waals surface area contributed by atoms with Crippen LogP contribution < -0.4 is 14.8 Å². The fraction of sp³-hybridized carbons (Fsp3) is 0.158. The minimum absolute atomic E-state index is 0.261. The molecule has 136 valence electrons. The standard InChI is InChI=1S/C19H16N4O3S/c1-12-18(27-19(21-12)20-10-14-3-2-8-24-14)15-6-7-23(22-15)13-4-5-16-17(9-13)26-11-25-16/h2-9H,10-11H2,1H3,(H,20,21). The molecule has 3 aromatic heterocycles. The van der Waals surface area contributed by atoms with Crippen molar-refractivity contribution in [3.8, 4) is 27.8 Å². The number of rotatable bonds is 5. The van der Waals surface area contributed by atoms with Gasteiger partial charge in [0.1, 0.15) is 11.5 Å². The Labute approximate surface area is 159 Å². The molecule has 0 spiro atoms. The Hall–Kier alpha value is -3.26. The Morgan fingerprint density at radius 2 is 2.11 bits per heavy atom. The van der Waals surface area contributed by atoms with Crippen LogP contribution in [0.15, 0.2) is 53.3 Å². The second-order valence-electron chi connectivity index (χ2n) is 6.05. The van der Waals surface area contributed by atoms with Crippen molar-refractivity contribution in [3.63, 3.8) is 0 Å². The summed E-state index contributed by atoms with van der Waals surface area (Å²) in [6, 6.07) is 11.6. The number of hydrogen-bond acceptors (Lipinski definition) is 7. The Balaban J connectivity index is 1.38. The fourth-order valence-electron chi connectivity index (χ4n) is 2.90. The molecule has 1 aliphatic heterocycles. The van der Waals surface area contributed by atoms with E-state index in [1.807, 2.05) is 54.2 Å². The Kier molecular flexibility index (Phi) is 3.83. The van der Waals surface area contributed by atoms with Crippen LogP contribution in [-0.4, -0.2) is 21.6 Å². The highest BCUT2D eigenvalue weighted by atomic mass is 32.1. The maximum atomic E-state index is 5.44. The minimum atomic E-state index is 0.261. The van der Waals surface area contributed by atoms with Gasteiger partial charge in [-0.25, -0.2) is 9.67 Å². The Morgan fingerprint density at radius 1 is 1.19 bits per heavy atom. The molecule has 0 amide bonds. The van der Waals surface area contributed by atoms with E-state index in [-0.39, 0.29) is 6.79 Å². The van der Waals surface area contributed by atoms with Gasteiger partial charge in [-0.3, -0.25) is 0 Å². The minimum Gasteiger partial charge on any atom is -0.467 e. The van der Waals surface area contributed by atoms with Gasteiger partial charge in [0.15, 0.2) is 16.6 Å². The fourth-order valence-corrected chi connectivity index (χ4v) is 3.83. The van der Waals surface area contributed by atoms with Crippen molar-refractivity contribution in [3.05, 3.63) is 60.3 Å². The molecule has 4 heterocycles. The Morgan fingerprint density at radius 3 is 3.00 bits per heavy atom. The molecule has 0 aliphatic carbocycles. The van der Waals surface area contributed by atoms with Gasteiger partial charge >= 0.3 is 0 Å². The molecule has 1 N–H and O–H groups in total. The first kappa shape index (κ1) is 16.0. The lowest BCUT2D eigenvalue weighted by molar-refractivity contribution is 0.174. The first-order valence-corrected chi connectivity index (χ1v) is 9.28. The van der Waals surface area contributed by atoms with E-state index in [0.717, 1.165) is 44.3 Å². The number of aromatic nitrogens is 3. The normalized spacial score (nSPS) is 12.5. The number of thiazole rings is 1. The van der Waals surface area contributed by atoms with Crippen molar-refractivity contribution in [2.24, 2.45) is 0 Å². The average Bonchev–Trinajstić information content (AvgIpc) is 3.45. The third-order valence-electron chi connectivity index (χ3n) is 4.23. The van der Waals surface area contributed by atoms with Gasteiger partial charge in [0.25, 0.3) is 0 Å². The molecule has 5 rings (SSSR count). The van der Waals surface area contributed by atoms with Crippen molar-refractivity contribution in [2.45, 2.75) is 13.5 Å². The first-order valence-electron chi connectivity index (χ1n) is 8.46. The molecule has 1 aliphatic rings. The highest BCUT2D eigenvalue weighted by Crippen LogP contribution is 2.35. The summed E-state index contributed by atoms with van der Waals surface area (Å²) in [5.41, 5.74) is 2.75. The van der Waals surface area contributed by atoms with Crippen molar-refractivity contribution in [2.75, 3.05) is 12.1 Å². The van der Waals surface area contributed by atoms with E-state index in [9.17, 15) is 0 Å². The van der Waals surface area contributed by atoms with Crippen LogP contribution in [0, 0.1) is 6.92 Å². The molecule has 8 heteroatoms. The van der Waals surface area contributed by atoms with Crippen LogP contribution in [0.4, 0.5) is 5.13 Å². The SMILES string of the molecule is Cc1nc(NCc2ccco2)sc1-c1ccn(-c2ccc3c(c2)OCO3)n1. The van der Waals surface area contributed by atoms with E-state index in [0.29, 0.717) is 6.54 Å². The van der Waals surface area contributed by atoms with Crippen molar-refractivity contribution in [1.29, 1.82) is 0 Å². The number of aryl methyl sites for hydroxylation is 1. The summed E-state index contributed by atoms with van der Waals surface area (Å²) in [5, 5.41) is 8.84. The maximum absolute atomic E-state index is 5.44. The van der Waals surface area contributed by atoms with E-state index in [4.69, 9.17) is 19.0 Å². The quantitative estimate of drug-likeness (QED) is 0.558. The number of hydrogen-bond donors (Lipinski definition) is 1. The van der Waals surface area contributed by atoms with E-state index in [1.54, 1.807) is 17.6 Å². The van der Waals surface area contributed by atoms with Gasteiger partial charge in [-0.05, 0) is 37.3 Å². The monoisotopic (exact) mass is 380 g/mol.